The predicted octanol–water partition coefficient (Wildman–Crippen LogP) is 1.81. The highest BCUT2D eigenvalue weighted by molar-refractivity contribution is 5.88. The fourth-order valence-corrected chi connectivity index (χ4v) is 1.68. The summed E-state index contributed by atoms with van der Waals surface area (Å²) in [5.41, 5.74) is 1.04. The molecule has 0 aliphatic rings. The van der Waals surface area contributed by atoms with Crippen LogP contribution >= 0.6 is 0 Å². The van der Waals surface area contributed by atoms with Gasteiger partial charge in [0.25, 0.3) is 0 Å². The molecule has 1 rings (SSSR count). The first-order valence-electron chi connectivity index (χ1n) is 6.72. The summed E-state index contributed by atoms with van der Waals surface area (Å²) >= 11 is 0. The molecule has 0 fully saturated rings. The summed E-state index contributed by atoms with van der Waals surface area (Å²) in [6.07, 6.45) is 1.69. The fraction of sp³-hybridized carbons (Fsp3) is 0.571. The molecule has 0 aliphatic carbocycles. The summed E-state index contributed by atoms with van der Waals surface area (Å²) in [6, 6.07) is 3.16. The molecule has 0 spiro atoms. The van der Waals surface area contributed by atoms with E-state index in [1.54, 1.807) is 13.2 Å². The van der Waals surface area contributed by atoms with E-state index in [0.717, 1.165) is 18.5 Å². The normalized spacial score (nSPS) is 10.5. The molecule has 20 heavy (non-hydrogen) atoms. The second kappa shape index (κ2) is 9.28. The molecule has 2 N–H and O–H groups in total. The summed E-state index contributed by atoms with van der Waals surface area (Å²) in [5, 5.41) is 12.2. The van der Waals surface area contributed by atoms with Crippen molar-refractivity contribution in [2.75, 3.05) is 38.8 Å². The van der Waals surface area contributed by atoms with Gasteiger partial charge in [-0.3, -0.25) is 0 Å². The van der Waals surface area contributed by atoms with Crippen molar-refractivity contribution in [2.24, 2.45) is 0 Å². The average Bonchev–Trinajstić information content (AvgIpc) is 2.43. The number of pyridine rings is 1. The van der Waals surface area contributed by atoms with Crippen molar-refractivity contribution >= 4 is 11.8 Å². The molecular formula is C14H22N2O4. The van der Waals surface area contributed by atoms with Crippen LogP contribution < -0.4 is 5.32 Å². The first kappa shape index (κ1) is 16.4. The van der Waals surface area contributed by atoms with Crippen LogP contribution in [0.4, 0.5) is 5.82 Å². The van der Waals surface area contributed by atoms with E-state index in [4.69, 9.17) is 14.6 Å². The van der Waals surface area contributed by atoms with Crippen LogP contribution in [0.1, 0.15) is 29.4 Å². The van der Waals surface area contributed by atoms with Gasteiger partial charge in [-0.2, -0.15) is 0 Å². The zero-order valence-corrected chi connectivity index (χ0v) is 12.0. The van der Waals surface area contributed by atoms with Crippen LogP contribution in [0.2, 0.25) is 0 Å². The van der Waals surface area contributed by atoms with Crippen LogP contribution in [0.25, 0.3) is 0 Å². The number of carboxylic acid groups (broad SMARTS) is 1. The Kier molecular flexibility index (Phi) is 7.60. The van der Waals surface area contributed by atoms with Crippen LogP contribution in [0.3, 0.4) is 0 Å². The maximum atomic E-state index is 11.1. The van der Waals surface area contributed by atoms with Gasteiger partial charge in [0.1, 0.15) is 5.82 Å². The summed E-state index contributed by atoms with van der Waals surface area (Å²) in [6.45, 7) is 4.23. The Morgan fingerprint density at radius 3 is 2.80 bits per heavy atom. The highest BCUT2D eigenvalue weighted by atomic mass is 16.5. The van der Waals surface area contributed by atoms with Gasteiger partial charge in [0.2, 0.25) is 0 Å². The van der Waals surface area contributed by atoms with Gasteiger partial charge in [-0.1, -0.05) is 13.3 Å². The molecule has 112 valence electrons. The Morgan fingerprint density at radius 1 is 1.35 bits per heavy atom. The number of nitrogens with one attached hydrogen (secondary N) is 1. The third kappa shape index (κ3) is 5.99. The van der Waals surface area contributed by atoms with E-state index in [1.807, 2.05) is 6.92 Å². The number of methoxy groups -OCH3 is 1. The van der Waals surface area contributed by atoms with Gasteiger partial charge in [-0.25, -0.2) is 9.78 Å². The molecule has 6 nitrogen and oxygen atoms in total. The standard InChI is InChI=1S/C14H22N2O4/c1-3-4-12-9-11(14(17)18)10-13(16-12)15-5-6-20-8-7-19-2/h9-10H,3-8H2,1-2H3,(H,15,16)(H,17,18). The number of carbonyl (C=O) groups is 1. The van der Waals surface area contributed by atoms with Gasteiger partial charge in [0.05, 0.1) is 25.4 Å². The van der Waals surface area contributed by atoms with Crippen molar-refractivity contribution in [1.82, 2.24) is 4.98 Å². The molecular weight excluding hydrogens is 260 g/mol. The molecule has 0 unspecified atom stereocenters. The number of aryl methyl sites for hydroxylation is 1. The SMILES string of the molecule is CCCc1cc(C(=O)O)cc(NCCOCCOC)n1. The molecule has 1 heterocycles. The number of hydrogen-bond donors (Lipinski definition) is 2. The van der Waals surface area contributed by atoms with Crippen LogP contribution in [0.15, 0.2) is 12.1 Å². The molecule has 0 aromatic carbocycles. The molecule has 0 amide bonds. The number of aromatic carboxylic acids is 1. The number of anilines is 1. The maximum Gasteiger partial charge on any atom is 0.335 e. The van der Waals surface area contributed by atoms with Gasteiger partial charge in [-0.05, 0) is 18.6 Å². The largest absolute Gasteiger partial charge is 0.478 e. The van der Waals surface area contributed by atoms with E-state index in [0.29, 0.717) is 32.2 Å². The summed E-state index contributed by atoms with van der Waals surface area (Å²) < 4.78 is 10.2. The molecule has 0 saturated carbocycles. The minimum absolute atomic E-state index is 0.256. The zero-order valence-electron chi connectivity index (χ0n) is 12.0. The molecule has 0 atom stereocenters. The van der Waals surface area contributed by atoms with Crippen molar-refractivity contribution < 1.29 is 19.4 Å². The number of rotatable bonds is 10. The highest BCUT2D eigenvalue weighted by Crippen LogP contribution is 2.12. The topological polar surface area (TPSA) is 80.7 Å². The second-order valence-corrected chi connectivity index (χ2v) is 4.32. The molecule has 0 aliphatic heterocycles. The van der Waals surface area contributed by atoms with E-state index in [-0.39, 0.29) is 5.56 Å². The van der Waals surface area contributed by atoms with Gasteiger partial charge in [0, 0.05) is 19.3 Å². The van der Waals surface area contributed by atoms with Crippen LogP contribution in [0, 0.1) is 0 Å². The quantitative estimate of drug-likeness (QED) is 0.637. The third-order valence-electron chi connectivity index (χ3n) is 2.62. The predicted molar refractivity (Wildman–Crippen MR) is 76.4 cm³/mol. The molecule has 0 radical (unpaired) electrons. The van der Waals surface area contributed by atoms with Gasteiger partial charge >= 0.3 is 5.97 Å². The Balaban J connectivity index is 2.53. The number of carboxylic acids is 1. The van der Waals surface area contributed by atoms with Crippen molar-refractivity contribution in [3.8, 4) is 0 Å². The van der Waals surface area contributed by atoms with E-state index < -0.39 is 5.97 Å². The van der Waals surface area contributed by atoms with Crippen molar-refractivity contribution in [3.63, 3.8) is 0 Å². The number of hydrogen-bond acceptors (Lipinski definition) is 5. The first-order chi connectivity index (χ1) is 9.67. The number of nitrogens with zero attached hydrogens (tertiary/aromatic N) is 1. The zero-order chi connectivity index (χ0) is 14.8. The average molecular weight is 282 g/mol. The Morgan fingerprint density at radius 2 is 2.15 bits per heavy atom. The first-order valence-corrected chi connectivity index (χ1v) is 6.72. The molecule has 1 aromatic heterocycles. The lowest BCUT2D eigenvalue weighted by atomic mass is 10.1. The molecule has 0 bridgehead atoms. The van der Waals surface area contributed by atoms with Gasteiger partial charge < -0.3 is 19.9 Å². The Hall–Kier alpha value is -1.66. The van der Waals surface area contributed by atoms with Crippen molar-refractivity contribution in [1.29, 1.82) is 0 Å². The lowest BCUT2D eigenvalue weighted by Gasteiger charge is -2.09. The monoisotopic (exact) mass is 282 g/mol. The molecule has 6 heteroatoms. The third-order valence-corrected chi connectivity index (χ3v) is 2.62. The van der Waals surface area contributed by atoms with Crippen LogP contribution in [0.5, 0.6) is 0 Å². The molecule has 0 saturated heterocycles. The van der Waals surface area contributed by atoms with Crippen molar-refractivity contribution in [2.45, 2.75) is 19.8 Å². The van der Waals surface area contributed by atoms with E-state index in [2.05, 4.69) is 10.3 Å². The van der Waals surface area contributed by atoms with Gasteiger partial charge in [0.15, 0.2) is 0 Å². The minimum atomic E-state index is -0.941. The lowest BCUT2D eigenvalue weighted by molar-refractivity contribution is 0.0696. The van der Waals surface area contributed by atoms with E-state index >= 15 is 0 Å². The van der Waals surface area contributed by atoms with E-state index in [9.17, 15) is 4.79 Å². The van der Waals surface area contributed by atoms with E-state index in [1.165, 1.54) is 6.07 Å². The smallest absolute Gasteiger partial charge is 0.335 e. The lowest BCUT2D eigenvalue weighted by Crippen LogP contribution is -2.13. The Labute approximate surface area is 119 Å². The second-order valence-electron chi connectivity index (χ2n) is 4.32. The number of aromatic nitrogens is 1. The highest BCUT2D eigenvalue weighted by Gasteiger charge is 2.08. The summed E-state index contributed by atoms with van der Waals surface area (Å²) in [7, 11) is 1.62. The van der Waals surface area contributed by atoms with Crippen LogP contribution in [-0.2, 0) is 15.9 Å². The van der Waals surface area contributed by atoms with Crippen molar-refractivity contribution in [3.05, 3.63) is 23.4 Å². The fourth-order valence-electron chi connectivity index (χ4n) is 1.68. The maximum absolute atomic E-state index is 11.1. The number of ether oxygens (including phenoxy) is 2. The Bertz CT molecular complexity index is 424. The van der Waals surface area contributed by atoms with Crippen LogP contribution in [-0.4, -0.2) is 49.5 Å². The minimum Gasteiger partial charge on any atom is -0.478 e. The summed E-state index contributed by atoms with van der Waals surface area (Å²) in [4.78, 5) is 15.4. The van der Waals surface area contributed by atoms with Gasteiger partial charge in [-0.15, -0.1) is 0 Å². The molecule has 1 aromatic rings. The summed E-state index contributed by atoms with van der Waals surface area (Å²) in [5.74, 6) is -0.368.